The van der Waals surface area contributed by atoms with Crippen LogP contribution in [0.2, 0.25) is 5.02 Å². The van der Waals surface area contributed by atoms with Crippen LogP contribution in [-0.4, -0.2) is 42.3 Å². The number of hydrogen-bond acceptors (Lipinski definition) is 6. The standard InChI is InChI=1S/C18H19ClN6O/c1-25(8-9-26-2)24-23-15-6-7-17-16(11-15)18(21-12-20-17)22-14-5-3-4-13(19)10-14/h3-7,10-12H,8-9H2,1-2H3,(H,20,21,22). The van der Waals surface area contributed by atoms with Crippen molar-refractivity contribution < 1.29 is 4.74 Å². The van der Waals surface area contributed by atoms with Crippen molar-refractivity contribution in [3.05, 3.63) is 53.8 Å². The zero-order valence-electron chi connectivity index (χ0n) is 14.6. The molecule has 1 aromatic heterocycles. The van der Waals surface area contributed by atoms with Crippen LogP contribution in [0.25, 0.3) is 10.9 Å². The number of rotatable bonds is 7. The minimum Gasteiger partial charge on any atom is -0.383 e. The molecule has 0 aliphatic rings. The number of benzene rings is 2. The SMILES string of the molecule is COCCN(C)N=Nc1ccc2ncnc(Nc3cccc(Cl)c3)c2c1. The maximum atomic E-state index is 6.05. The second kappa shape index (κ2) is 8.55. The van der Waals surface area contributed by atoms with Gasteiger partial charge in [0.2, 0.25) is 0 Å². The number of anilines is 2. The largest absolute Gasteiger partial charge is 0.383 e. The average molecular weight is 371 g/mol. The summed E-state index contributed by atoms with van der Waals surface area (Å²) in [7, 11) is 3.50. The number of ether oxygens (including phenoxy) is 1. The molecule has 1 N–H and O–H groups in total. The number of nitrogens with one attached hydrogen (secondary N) is 1. The topological polar surface area (TPSA) is 75.0 Å². The highest BCUT2D eigenvalue weighted by Crippen LogP contribution is 2.27. The van der Waals surface area contributed by atoms with Crippen molar-refractivity contribution in [3.8, 4) is 0 Å². The van der Waals surface area contributed by atoms with E-state index in [0.717, 1.165) is 16.6 Å². The predicted octanol–water partition coefficient (Wildman–Crippen LogP) is 4.60. The van der Waals surface area contributed by atoms with Crippen LogP contribution >= 0.6 is 11.6 Å². The first-order valence-electron chi connectivity index (χ1n) is 8.05. The zero-order valence-corrected chi connectivity index (χ0v) is 15.3. The van der Waals surface area contributed by atoms with Crippen molar-refractivity contribution in [1.29, 1.82) is 0 Å². The molecule has 2 aromatic carbocycles. The summed E-state index contributed by atoms with van der Waals surface area (Å²) in [6.07, 6.45) is 1.52. The van der Waals surface area contributed by atoms with Gasteiger partial charge in [0, 0.05) is 30.3 Å². The molecule has 0 spiro atoms. The van der Waals surface area contributed by atoms with Gasteiger partial charge in [0.05, 0.1) is 24.4 Å². The average Bonchev–Trinajstić information content (AvgIpc) is 2.65. The lowest BCUT2D eigenvalue weighted by molar-refractivity contribution is 0.159. The third kappa shape index (κ3) is 4.65. The van der Waals surface area contributed by atoms with E-state index in [9.17, 15) is 0 Å². The maximum Gasteiger partial charge on any atom is 0.141 e. The van der Waals surface area contributed by atoms with Gasteiger partial charge in [-0.15, -0.1) is 5.11 Å². The van der Waals surface area contributed by atoms with Gasteiger partial charge in [0.1, 0.15) is 12.1 Å². The molecule has 0 aliphatic carbocycles. The molecule has 0 saturated heterocycles. The molecule has 0 radical (unpaired) electrons. The minimum absolute atomic E-state index is 0.592. The Balaban J connectivity index is 1.87. The predicted molar refractivity (Wildman–Crippen MR) is 103 cm³/mol. The molecule has 0 saturated carbocycles. The second-order valence-electron chi connectivity index (χ2n) is 5.62. The van der Waals surface area contributed by atoms with Crippen LogP contribution in [0.4, 0.5) is 17.2 Å². The van der Waals surface area contributed by atoms with Crippen molar-refractivity contribution in [2.24, 2.45) is 10.3 Å². The number of aromatic nitrogens is 2. The molecule has 0 unspecified atom stereocenters. The fraction of sp³-hybridized carbons (Fsp3) is 0.222. The van der Waals surface area contributed by atoms with Gasteiger partial charge in [0.25, 0.3) is 0 Å². The van der Waals surface area contributed by atoms with E-state index in [-0.39, 0.29) is 0 Å². The molecule has 0 atom stereocenters. The van der Waals surface area contributed by atoms with Crippen LogP contribution in [-0.2, 0) is 4.74 Å². The van der Waals surface area contributed by atoms with Gasteiger partial charge >= 0.3 is 0 Å². The Morgan fingerprint density at radius 1 is 1.19 bits per heavy atom. The Labute approximate surface area is 156 Å². The molecule has 134 valence electrons. The molecular formula is C18H19ClN6O. The van der Waals surface area contributed by atoms with E-state index in [4.69, 9.17) is 16.3 Å². The van der Waals surface area contributed by atoms with E-state index in [1.165, 1.54) is 6.33 Å². The van der Waals surface area contributed by atoms with Crippen molar-refractivity contribution in [1.82, 2.24) is 15.0 Å². The van der Waals surface area contributed by atoms with E-state index >= 15 is 0 Å². The minimum atomic E-state index is 0.592. The first kappa shape index (κ1) is 18.0. The molecule has 26 heavy (non-hydrogen) atoms. The van der Waals surface area contributed by atoms with Crippen LogP contribution in [0.15, 0.2) is 59.1 Å². The molecule has 1 heterocycles. The quantitative estimate of drug-likeness (QED) is 0.485. The number of hydrogen-bond donors (Lipinski definition) is 1. The van der Waals surface area contributed by atoms with Gasteiger partial charge in [-0.25, -0.2) is 9.97 Å². The van der Waals surface area contributed by atoms with Gasteiger partial charge < -0.3 is 10.1 Å². The third-order valence-electron chi connectivity index (χ3n) is 3.64. The molecule has 0 bridgehead atoms. The molecule has 0 amide bonds. The van der Waals surface area contributed by atoms with Crippen LogP contribution < -0.4 is 5.32 Å². The van der Waals surface area contributed by atoms with E-state index in [2.05, 4.69) is 25.6 Å². The number of methoxy groups -OCH3 is 1. The fourth-order valence-corrected chi connectivity index (χ4v) is 2.50. The molecule has 7 nitrogen and oxygen atoms in total. The van der Waals surface area contributed by atoms with Gasteiger partial charge in [-0.3, -0.25) is 5.01 Å². The van der Waals surface area contributed by atoms with Crippen molar-refractivity contribution in [2.45, 2.75) is 0 Å². The Hall–Kier alpha value is -2.77. The van der Waals surface area contributed by atoms with Crippen LogP contribution in [0, 0.1) is 0 Å². The Morgan fingerprint density at radius 2 is 2.08 bits per heavy atom. The van der Waals surface area contributed by atoms with Gasteiger partial charge in [-0.05, 0) is 36.4 Å². The van der Waals surface area contributed by atoms with Gasteiger partial charge in [0.15, 0.2) is 0 Å². The summed E-state index contributed by atoms with van der Waals surface area (Å²) >= 11 is 6.05. The highest BCUT2D eigenvalue weighted by atomic mass is 35.5. The molecule has 0 fully saturated rings. The summed E-state index contributed by atoms with van der Waals surface area (Å²) in [6.45, 7) is 1.26. The summed E-state index contributed by atoms with van der Waals surface area (Å²) in [5.74, 6) is 0.682. The maximum absolute atomic E-state index is 6.05. The van der Waals surface area contributed by atoms with Crippen LogP contribution in [0.3, 0.4) is 0 Å². The first-order chi connectivity index (χ1) is 12.7. The summed E-state index contributed by atoms with van der Waals surface area (Å²) in [6, 6.07) is 13.1. The van der Waals surface area contributed by atoms with Crippen molar-refractivity contribution in [3.63, 3.8) is 0 Å². The van der Waals surface area contributed by atoms with Crippen LogP contribution in [0.1, 0.15) is 0 Å². The van der Waals surface area contributed by atoms with Crippen molar-refractivity contribution in [2.75, 3.05) is 32.6 Å². The molecule has 8 heteroatoms. The van der Waals surface area contributed by atoms with Crippen LogP contribution in [0.5, 0.6) is 0 Å². The normalized spacial score (nSPS) is 11.2. The Morgan fingerprint density at radius 3 is 2.88 bits per heavy atom. The van der Waals surface area contributed by atoms with Gasteiger partial charge in [-0.2, -0.15) is 0 Å². The summed E-state index contributed by atoms with van der Waals surface area (Å²) < 4.78 is 5.03. The monoisotopic (exact) mass is 370 g/mol. The van der Waals surface area contributed by atoms with E-state index in [1.807, 2.05) is 49.5 Å². The number of likely N-dealkylation sites (N-methyl/N-ethyl adjacent to an activating group) is 1. The highest BCUT2D eigenvalue weighted by Gasteiger charge is 2.06. The summed E-state index contributed by atoms with van der Waals surface area (Å²) in [5.41, 5.74) is 2.38. The fourth-order valence-electron chi connectivity index (χ4n) is 2.31. The Kier molecular flexibility index (Phi) is 5.93. The lowest BCUT2D eigenvalue weighted by Crippen LogP contribution is -2.15. The molecule has 3 rings (SSSR count). The zero-order chi connectivity index (χ0) is 18.4. The summed E-state index contributed by atoms with van der Waals surface area (Å²) in [4.78, 5) is 8.65. The van der Waals surface area contributed by atoms with Crippen molar-refractivity contribution >= 4 is 39.7 Å². The number of fused-ring (bicyclic) bond motifs is 1. The third-order valence-corrected chi connectivity index (χ3v) is 3.87. The summed E-state index contributed by atoms with van der Waals surface area (Å²) in [5, 5.41) is 14.9. The van der Waals surface area contributed by atoms with Gasteiger partial charge in [-0.1, -0.05) is 22.9 Å². The molecule has 3 aromatic rings. The number of halogens is 1. The molecular weight excluding hydrogens is 352 g/mol. The Bertz CT molecular complexity index is 917. The smallest absolute Gasteiger partial charge is 0.141 e. The highest BCUT2D eigenvalue weighted by molar-refractivity contribution is 6.30. The van der Waals surface area contributed by atoms with E-state index < -0.39 is 0 Å². The van der Waals surface area contributed by atoms with E-state index in [0.29, 0.717) is 29.7 Å². The second-order valence-corrected chi connectivity index (χ2v) is 6.06. The van der Waals surface area contributed by atoms with E-state index in [1.54, 1.807) is 12.1 Å². The lowest BCUT2D eigenvalue weighted by atomic mass is 10.2. The number of nitrogens with zero attached hydrogens (tertiary/aromatic N) is 5. The molecule has 0 aliphatic heterocycles. The first-order valence-corrected chi connectivity index (χ1v) is 8.42. The lowest BCUT2D eigenvalue weighted by Gasteiger charge is -2.10.